The highest BCUT2D eigenvalue weighted by Crippen LogP contribution is 2.45. The molecule has 1 aliphatic heterocycles. The molecular formula is C30H27ClN2O3S. The monoisotopic (exact) mass is 530 g/mol. The first-order valence-corrected chi connectivity index (χ1v) is 13.2. The predicted molar refractivity (Wildman–Crippen MR) is 150 cm³/mol. The van der Waals surface area contributed by atoms with Crippen molar-refractivity contribution in [2.24, 2.45) is 0 Å². The van der Waals surface area contributed by atoms with Gasteiger partial charge in [0.05, 0.1) is 21.8 Å². The van der Waals surface area contributed by atoms with E-state index >= 15 is 0 Å². The summed E-state index contributed by atoms with van der Waals surface area (Å²) in [5.74, 6) is -1.64. The van der Waals surface area contributed by atoms with E-state index in [0.717, 1.165) is 27.0 Å². The summed E-state index contributed by atoms with van der Waals surface area (Å²) in [6.45, 7) is 10.2. The molecule has 0 radical (unpaired) electrons. The van der Waals surface area contributed by atoms with E-state index in [4.69, 9.17) is 11.6 Å². The van der Waals surface area contributed by atoms with Gasteiger partial charge in [0.2, 0.25) is 0 Å². The van der Waals surface area contributed by atoms with Crippen LogP contribution < -0.4 is 4.90 Å². The number of anilines is 1. The highest BCUT2D eigenvalue weighted by atomic mass is 35.5. The number of amides is 1. The van der Waals surface area contributed by atoms with Gasteiger partial charge in [-0.15, -0.1) is 0 Å². The van der Waals surface area contributed by atoms with Crippen LogP contribution in [-0.2, 0) is 15.0 Å². The Labute approximate surface area is 225 Å². The number of aliphatic hydroxyl groups is 1. The molecule has 0 spiro atoms. The third-order valence-corrected chi connectivity index (χ3v) is 7.98. The lowest BCUT2D eigenvalue weighted by Gasteiger charge is -2.25. The summed E-state index contributed by atoms with van der Waals surface area (Å²) in [6, 6.07) is 18.0. The Kier molecular flexibility index (Phi) is 6.21. The molecule has 1 aromatic heterocycles. The molecule has 5 rings (SSSR count). The number of aryl methyl sites for hydroxylation is 2. The Morgan fingerprint density at radius 1 is 1.00 bits per heavy atom. The van der Waals surface area contributed by atoms with Crippen molar-refractivity contribution in [1.82, 2.24) is 4.98 Å². The number of carbonyl (C=O) groups excluding carboxylic acids is 2. The zero-order valence-corrected chi connectivity index (χ0v) is 22.9. The first-order chi connectivity index (χ1) is 17.5. The van der Waals surface area contributed by atoms with Crippen molar-refractivity contribution in [3.63, 3.8) is 0 Å². The number of thiazole rings is 1. The van der Waals surface area contributed by atoms with Crippen LogP contribution in [0.5, 0.6) is 0 Å². The average molecular weight is 531 g/mol. The van der Waals surface area contributed by atoms with Gasteiger partial charge in [-0.1, -0.05) is 85.7 Å². The largest absolute Gasteiger partial charge is 0.507 e. The minimum absolute atomic E-state index is 0.0551. The van der Waals surface area contributed by atoms with Crippen LogP contribution in [-0.4, -0.2) is 21.8 Å². The third kappa shape index (κ3) is 4.45. The predicted octanol–water partition coefficient (Wildman–Crippen LogP) is 7.49. The number of rotatable bonds is 3. The molecule has 1 aliphatic rings. The van der Waals surface area contributed by atoms with Crippen molar-refractivity contribution in [3.05, 3.63) is 99.1 Å². The van der Waals surface area contributed by atoms with E-state index in [2.05, 4.69) is 25.8 Å². The third-order valence-electron chi connectivity index (χ3n) is 6.73. The second-order valence-corrected chi connectivity index (χ2v) is 11.9. The summed E-state index contributed by atoms with van der Waals surface area (Å²) < 4.78 is 0.806. The normalized spacial score (nSPS) is 17.7. The fourth-order valence-corrected chi connectivity index (χ4v) is 5.90. The zero-order chi connectivity index (χ0) is 26.6. The van der Waals surface area contributed by atoms with Crippen molar-refractivity contribution in [2.45, 2.75) is 46.1 Å². The summed E-state index contributed by atoms with van der Waals surface area (Å²) in [5, 5.41) is 12.5. The maximum atomic E-state index is 13.5. The molecule has 4 aromatic rings. The molecule has 1 fully saturated rings. The van der Waals surface area contributed by atoms with Gasteiger partial charge in [-0.3, -0.25) is 14.5 Å². The molecule has 0 bridgehead atoms. The van der Waals surface area contributed by atoms with Gasteiger partial charge in [-0.2, -0.15) is 0 Å². The molecule has 1 atom stereocenters. The van der Waals surface area contributed by atoms with Crippen LogP contribution in [0.2, 0.25) is 5.02 Å². The summed E-state index contributed by atoms with van der Waals surface area (Å²) in [4.78, 5) is 33.1. The van der Waals surface area contributed by atoms with Crippen LogP contribution in [0.15, 0.2) is 66.2 Å². The van der Waals surface area contributed by atoms with Crippen molar-refractivity contribution in [1.29, 1.82) is 0 Å². The van der Waals surface area contributed by atoms with Gasteiger partial charge in [-0.05, 0) is 60.2 Å². The standard InChI is InChI=1S/C30H27ClN2O3S/c1-16-6-7-17(2)21(14-16)26(34)24-25(18-8-10-19(11-9-18)30(3,4)5)33(28(36)27(24)35)29-32-22-13-12-20(31)15-23(22)37-29/h6-15,25,34H,1-5H3. The molecule has 1 N–H and O–H groups in total. The molecule has 1 unspecified atom stereocenters. The van der Waals surface area contributed by atoms with E-state index in [-0.39, 0.29) is 16.7 Å². The molecule has 188 valence electrons. The molecule has 1 amide bonds. The van der Waals surface area contributed by atoms with Crippen LogP contribution in [0.25, 0.3) is 16.0 Å². The molecule has 7 heteroatoms. The van der Waals surface area contributed by atoms with E-state index in [9.17, 15) is 14.7 Å². The molecule has 0 saturated carbocycles. The number of aliphatic hydroxyl groups excluding tert-OH is 1. The lowest BCUT2D eigenvalue weighted by molar-refractivity contribution is -0.132. The van der Waals surface area contributed by atoms with Crippen LogP contribution in [0.1, 0.15) is 54.6 Å². The van der Waals surface area contributed by atoms with Gasteiger partial charge in [0.15, 0.2) is 5.13 Å². The molecular weight excluding hydrogens is 504 g/mol. The first-order valence-electron chi connectivity index (χ1n) is 12.0. The SMILES string of the molecule is Cc1ccc(C)c(C(O)=C2C(=O)C(=O)N(c3nc4ccc(Cl)cc4s3)C2c2ccc(C(C)(C)C)cc2)c1. The molecule has 0 aliphatic carbocycles. The number of Topliss-reactive ketones (excluding diaryl/α,β-unsaturated/α-hetero) is 1. The number of hydrogen-bond acceptors (Lipinski definition) is 5. The molecule has 1 saturated heterocycles. The number of fused-ring (bicyclic) bond motifs is 1. The van der Waals surface area contributed by atoms with E-state index in [1.807, 2.05) is 56.3 Å². The summed E-state index contributed by atoms with van der Waals surface area (Å²) >= 11 is 7.47. The van der Waals surface area contributed by atoms with E-state index in [1.54, 1.807) is 18.2 Å². The molecule has 5 nitrogen and oxygen atoms in total. The maximum absolute atomic E-state index is 13.5. The number of aromatic nitrogens is 1. The number of nitrogens with zero attached hydrogens (tertiary/aromatic N) is 2. The quantitative estimate of drug-likeness (QED) is 0.169. The molecule has 2 heterocycles. The summed E-state index contributed by atoms with van der Waals surface area (Å²) in [5.41, 5.74) is 4.80. The fraction of sp³-hybridized carbons (Fsp3) is 0.233. The fourth-order valence-electron chi connectivity index (χ4n) is 4.64. The van der Waals surface area contributed by atoms with Gasteiger partial charge in [0.25, 0.3) is 5.78 Å². The number of halogens is 1. The smallest absolute Gasteiger partial charge is 0.301 e. The second kappa shape index (κ2) is 9.12. The highest BCUT2D eigenvalue weighted by Gasteiger charge is 2.48. The number of benzene rings is 3. The first kappa shape index (κ1) is 25.2. The van der Waals surface area contributed by atoms with E-state index in [1.165, 1.54) is 16.2 Å². The van der Waals surface area contributed by atoms with Crippen molar-refractivity contribution < 1.29 is 14.7 Å². The Bertz CT molecular complexity index is 1600. The van der Waals surface area contributed by atoms with Crippen molar-refractivity contribution in [2.75, 3.05) is 4.90 Å². The van der Waals surface area contributed by atoms with E-state index in [0.29, 0.717) is 21.2 Å². The van der Waals surface area contributed by atoms with Gasteiger partial charge in [0.1, 0.15) is 5.76 Å². The van der Waals surface area contributed by atoms with Crippen LogP contribution >= 0.6 is 22.9 Å². The Morgan fingerprint density at radius 3 is 2.38 bits per heavy atom. The Hall–Kier alpha value is -3.48. The lowest BCUT2D eigenvalue weighted by atomic mass is 9.85. The average Bonchev–Trinajstić information content (AvgIpc) is 3.37. The van der Waals surface area contributed by atoms with Crippen LogP contribution in [0.3, 0.4) is 0 Å². The topological polar surface area (TPSA) is 70.5 Å². The lowest BCUT2D eigenvalue weighted by Crippen LogP contribution is -2.29. The molecule has 37 heavy (non-hydrogen) atoms. The van der Waals surface area contributed by atoms with Gasteiger partial charge in [-0.25, -0.2) is 4.98 Å². The van der Waals surface area contributed by atoms with Gasteiger partial charge in [0, 0.05) is 10.6 Å². The van der Waals surface area contributed by atoms with Crippen LogP contribution in [0, 0.1) is 13.8 Å². The van der Waals surface area contributed by atoms with Crippen molar-refractivity contribution >= 4 is 55.7 Å². The number of ketones is 1. The van der Waals surface area contributed by atoms with Gasteiger partial charge < -0.3 is 5.11 Å². The minimum atomic E-state index is -0.829. The van der Waals surface area contributed by atoms with Crippen LogP contribution in [0.4, 0.5) is 5.13 Å². The second-order valence-electron chi connectivity index (χ2n) is 10.5. The summed E-state index contributed by atoms with van der Waals surface area (Å²) in [7, 11) is 0. The number of hydrogen-bond donors (Lipinski definition) is 1. The highest BCUT2D eigenvalue weighted by molar-refractivity contribution is 7.22. The zero-order valence-electron chi connectivity index (χ0n) is 21.3. The number of carbonyl (C=O) groups is 2. The van der Waals surface area contributed by atoms with E-state index < -0.39 is 17.7 Å². The van der Waals surface area contributed by atoms with Gasteiger partial charge >= 0.3 is 5.91 Å². The molecule has 3 aromatic carbocycles. The van der Waals surface area contributed by atoms with Crippen molar-refractivity contribution in [3.8, 4) is 0 Å². The Balaban J connectivity index is 1.74. The Morgan fingerprint density at radius 2 is 1.70 bits per heavy atom. The minimum Gasteiger partial charge on any atom is -0.507 e. The maximum Gasteiger partial charge on any atom is 0.301 e. The summed E-state index contributed by atoms with van der Waals surface area (Å²) in [6.07, 6.45) is 0.